The van der Waals surface area contributed by atoms with Crippen LogP contribution in [0.5, 0.6) is 0 Å². The Bertz CT molecular complexity index is 612. The number of fused-ring (bicyclic) bond motifs is 1. The van der Waals surface area contributed by atoms with Gasteiger partial charge < -0.3 is 14.6 Å². The van der Waals surface area contributed by atoms with Crippen molar-refractivity contribution in [2.24, 2.45) is 7.05 Å². The highest BCUT2D eigenvalue weighted by Gasteiger charge is 2.17. The second-order valence-corrected chi connectivity index (χ2v) is 5.37. The van der Waals surface area contributed by atoms with Gasteiger partial charge in [0.25, 0.3) is 5.91 Å². The molecule has 1 saturated heterocycles. The van der Waals surface area contributed by atoms with Crippen molar-refractivity contribution in [3.63, 3.8) is 0 Å². The largest absolute Gasteiger partial charge is 0.376 e. The van der Waals surface area contributed by atoms with Gasteiger partial charge in [-0.2, -0.15) is 0 Å². The van der Waals surface area contributed by atoms with Crippen LogP contribution in [0.25, 0.3) is 10.9 Å². The van der Waals surface area contributed by atoms with E-state index in [2.05, 4.69) is 5.32 Å². The van der Waals surface area contributed by atoms with Crippen molar-refractivity contribution in [3.05, 3.63) is 36.0 Å². The molecule has 0 aliphatic carbocycles. The number of hydrogen-bond donors (Lipinski definition) is 1. The van der Waals surface area contributed by atoms with Gasteiger partial charge in [-0.1, -0.05) is 18.2 Å². The minimum Gasteiger partial charge on any atom is -0.376 e. The van der Waals surface area contributed by atoms with Crippen LogP contribution < -0.4 is 5.32 Å². The number of aryl methyl sites for hydroxylation is 1. The van der Waals surface area contributed by atoms with Gasteiger partial charge in [0.1, 0.15) is 0 Å². The van der Waals surface area contributed by atoms with Crippen LogP contribution in [0.1, 0.15) is 29.6 Å². The molecule has 3 rings (SSSR count). The van der Waals surface area contributed by atoms with E-state index < -0.39 is 0 Å². The molecule has 1 aromatic heterocycles. The molecule has 0 saturated carbocycles. The topological polar surface area (TPSA) is 43.3 Å². The third-order valence-corrected chi connectivity index (χ3v) is 3.91. The molecule has 20 heavy (non-hydrogen) atoms. The van der Waals surface area contributed by atoms with Gasteiger partial charge >= 0.3 is 0 Å². The van der Waals surface area contributed by atoms with E-state index in [1.807, 2.05) is 42.1 Å². The average molecular weight is 272 g/mol. The van der Waals surface area contributed by atoms with Crippen LogP contribution >= 0.6 is 0 Å². The summed E-state index contributed by atoms with van der Waals surface area (Å²) in [5, 5.41) is 3.99. The Morgan fingerprint density at radius 1 is 1.40 bits per heavy atom. The van der Waals surface area contributed by atoms with E-state index in [1.165, 1.54) is 6.42 Å². The summed E-state index contributed by atoms with van der Waals surface area (Å²) in [4.78, 5) is 12.3. The molecule has 106 valence electrons. The zero-order valence-electron chi connectivity index (χ0n) is 11.8. The Hall–Kier alpha value is -1.81. The fraction of sp³-hybridized carbons (Fsp3) is 0.438. The Morgan fingerprint density at radius 3 is 3.05 bits per heavy atom. The molecule has 0 radical (unpaired) electrons. The quantitative estimate of drug-likeness (QED) is 0.932. The monoisotopic (exact) mass is 272 g/mol. The average Bonchev–Trinajstić information content (AvgIpc) is 2.84. The van der Waals surface area contributed by atoms with Crippen molar-refractivity contribution < 1.29 is 9.53 Å². The Labute approximate surface area is 118 Å². The lowest BCUT2D eigenvalue weighted by molar-refractivity contribution is 0.0169. The molecular formula is C16H20N2O2. The van der Waals surface area contributed by atoms with Gasteiger partial charge in [-0.3, -0.25) is 4.79 Å². The zero-order chi connectivity index (χ0) is 13.9. The molecule has 1 N–H and O–H groups in total. The minimum absolute atomic E-state index is 0.0176. The van der Waals surface area contributed by atoms with Crippen LogP contribution in [0.4, 0.5) is 0 Å². The number of para-hydroxylation sites is 1. The van der Waals surface area contributed by atoms with Crippen LogP contribution in [-0.2, 0) is 11.8 Å². The highest BCUT2D eigenvalue weighted by molar-refractivity contribution is 6.06. The number of hydrogen-bond acceptors (Lipinski definition) is 2. The number of amides is 1. The molecule has 2 aromatic rings. The van der Waals surface area contributed by atoms with Gasteiger partial charge in [0.15, 0.2) is 0 Å². The molecule has 0 spiro atoms. The summed E-state index contributed by atoms with van der Waals surface area (Å²) in [5.74, 6) is -0.0176. The summed E-state index contributed by atoms with van der Waals surface area (Å²) < 4.78 is 7.62. The minimum atomic E-state index is -0.0176. The predicted molar refractivity (Wildman–Crippen MR) is 78.8 cm³/mol. The number of rotatable bonds is 3. The number of nitrogens with zero attached hydrogens (tertiary/aromatic N) is 1. The van der Waals surface area contributed by atoms with Gasteiger partial charge in [-0.15, -0.1) is 0 Å². The molecule has 4 heteroatoms. The van der Waals surface area contributed by atoms with Crippen LogP contribution in [0.3, 0.4) is 0 Å². The summed E-state index contributed by atoms with van der Waals surface area (Å²) in [7, 11) is 1.96. The summed E-state index contributed by atoms with van der Waals surface area (Å²) in [6.07, 6.45) is 5.42. The lowest BCUT2D eigenvalue weighted by Gasteiger charge is -2.22. The second kappa shape index (κ2) is 5.67. The standard InChI is InChI=1S/C16H20N2O2/c1-18-11-14(13-7-2-3-8-15(13)18)16(19)17-10-12-6-4-5-9-20-12/h2-3,7-8,11-12H,4-6,9-10H2,1H3,(H,17,19). The van der Waals surface area contributed by atoms with Crippen molar-refractivity contribution in [1.82, 2.24) is 9.88 Å². The summed E-state index contributed by atoms with van der Waals surface area (Å²) in [6.45, 7) is 1.41. The first-order valence-electron chi connectivity index (χ1n) is 7.19. The first-order valence-corrected chi connectivity index (χ1v) is 7.19. The highest BCUT2D eigenvalue weighted by atomic mass is 16.5. The lowest BCUT2D eigenvalue weighted by atomic mass is 10.1. The molecule has 1 amide bonds. The van der Waals surface area contributed by atoms with Gasteiger partial charge in [0.2, 0.25) is 0 Å². The summed E-state index contributed by atoms with van der Waals surface area (Å²) in [6, 6.07) is 7.96. The maximum absolute atomic E-state index is 12.3. The SMILES string of the molecule is Cn1cc(C(=O)NCC2CCCCO2)c2ccccc21. The Balaban J connectivity index is 1.72. The summed E-state index contributed by atoms with van der Waals surface area (Å²) >= 11 is 0. The number of benzene rings is 1. The molecule has 1 atom stereocenters. The zero-order valence-corrected chi connectivity index (χ0v) is 11.8. The number of ether oxygens (including phenoxy) is 1. The summed E-state index contributed by atoms with van der Waals surface area (Å²) in [5.41, 5.74) is 1.81. The van der Waals surface area contributed by atoms with Crippen LogP contribution in [0.15, 0.2) is 30.5 Å². The van der Waals surface area contributed by atoms with Gasteiger partial charge in [-0.05, 0) is 25.3 Å². The number of carbonyl (C=O) groups is 1. The second-order valence-electron chi connectivity index (χ2n) is 5.37. The third kappa shape index (κ3) is 2.56. The first kappa shape index (κ1) is 13.2. The lowest BCUT2D eigenvalue weighted by Crippen LogP contribution is -2.35. The van der Waals surface area contributed by atoms with Crippen LogP contribution in [-0.4, -0.2) is 29.7 Å². The molecule has 1 fully saturated rings. The maximum atomic E-state index is 12.3. The van der Waals surface area contributed by atoms with Crippen LogP contribution in [0.2, 0.25) is 0 Å². The van der Waals surface area contributed by atoms with E-state index in [1.54, 1.807) is 0 Å². The molecule has 0 bridgehead atoms. The molecule has 1 unspecified atom stereocenters. The molecule has 4 nitrogen and oxygen atoms in total. The maximum Gasteiger partial charge on any atom is 0.253 e. The molecule has 1 aliphatic heterocycles. The smallest absolute Gasteiger partial charge is 0.253 e. The predicted octanol–water partition coefficient (Wildman–Crippen LogP) is 2.48. The molecule has 1 aromatic carbocycles. The van der Waals surface area contributed by atoms with E-state index in [4.69, 9.17) is 4.74 Å². The van der Waals surface area contributed by atoms with Gasteiger partial charge in [0, 0.05) is 37.3 Å². The van der Waals surface area contributed by atoms with E-state index in [9.17, 15) is 4.79 Å². The van der Waals surface area contributed by atoms with Crippen molar-refractivity contribution >= 4 is 16.8 Å². The first-order chi connectivity index (χ1) is 9.75. The number of carbonyl (C=O) groups excluding carboxylic acids is 1. The van der Waals surface area contributed by atoms with Gasteiger partial charge in [-0.25, -0.2) is 0 Å². The van der Waals surface area contributed by atoms with Gasteiger partial charge in [0.05, 0.1) is 11.7 Å². The highest BCUT2D eigenvalue weighted by Crippen LogP contribution is 2.20. The fourth-order valence-corrected chi connectivity index (χ4v) is 2.79. The van der Waals surface area contributed by atoms with E-state index in [0.29, 0.717) is 6.54 Å². The van der Waals surface area contributed by atoms with E-state index in [0.717, 1.165) is 35.9 Å². The van der Waals surface area contributed by atoms with Crippen molar-refractivity contribution in [2.45, 2.75) is 25.4 Å². The number of nitrogens with one attached hydrogen (secondary N) is 1. The van der Waals surface area contributed by atoms with Crippen molar-refractivity contribution in [1.29, 1.82) is 0 Å². The van der Waals surface area contributed by atoms with Crippen LogP contribution in [0, 0.1) is 0 Å². The Morgan fingerprint density at radius 2 is 2.25 bits per heavy atom. The fourth-order valence-electron chi connectivity index (χ4n) is 2.79. The van der Waals surface area contributed by atoms with E-state index >= 15 is 0 Å². The Kier molecular flexibility index (Phi) is 3.74. The normalized spacial score (nSPS) is 19.1. The molecule has 1 aliphatic rings. The van der Waals surface area contributed by atoms with Crippen molar-refractivity contribution in [2.75, 3.05) is 13.2 Å². The van der Waals surface area contributed by atoms with E-state index in [-0.39, 0.29) is 12.0 Å². The number of aromatic nitrogens is 1. The third-order valence-electron chi connectivity index (χ3n) is 3.91. The molecule has 2 heterocycles. The molecular weight excluding hydrogens is 252 g/mol. The van der Waals surface area contributed by atoms with Crippen molar-refractivity contribution in [3.8, 4) is 0 Å².